The van der Waals surface area contributed by atoms with Crippen molar-refractivity contribution in [3.05, 3.63) is 24.5 Å². The zero-order chi connectivity index (χ0) is 12.5. The van der Waals surface area contributed by atoms with E-state index in [2.05, 4.69) is 20.1 Å². The van der Waals surface area contributed by atoms with Crippen molar-refractivity contribution in [2.75, 3.05) is 0 Å². The first-order valence-electron chi connectivity index (χ1n) is 5.34. The topological polar surface area (TPSA) is 90.7 Å². The van der Waals surface area contributed by atoms with Crippen LogP contribution in [0.5, 0.6) is 0 Å². The van der Waals surface area contributed by atoms with Crippen LogP contribution in [0, 0.1) is 5.41 Å². The molecule has 0 bridgehead atoms. The first-order valence-corrected chi connectivity index (χ1v) is 5.34. The van der Waals surface area contributed by atoms with E-state index >= 15 is 0 Å². The average molecular weight is 233 g/mol. The molecule has 6 heteroatoms. The fourth-order valence-electron chi connectivity index (χ4n) is 1.26. The molecule has 2 aromatic rings. The number of rotatable bonds is 2. The summed E-state index contributed by atoms with van der Waals surface area (Å²) in [6.45, 7) is 6.06. The van der Waals surface area contributed by atoms with Gasteiger partial charge in [0.2, 0.25) is 11.7 Å². The van der Waals surface area contributed by atoms with Crippen LogP contribution in [0.1, 0.15) is 32.7 Å². The highest BCUT2D eigenvalue weighted by molar-refractivity contribution is 5.46. The van der Waals surface area contributed by atoms with E-state index in [1.165, 1.54) is 6.33 Å². The molecule has 0 aromatic carbocycles. The van der Waals surface area contributed by atoms with Crippen LogP contribution in [-0.4, -0.2) is 20.1 Å². The van der Waals surface area contributed by atoms with Gasteiger partial charge in [-0.2, -0.15) is 4.98 Å². The van der Waals surface area contributed by atoms with Gasteiger partial charge in [-0.3, -0.25) is 0 Å². The standard InChI is InChI=1S/C11H15N5O/c1-11(2,3)8(12)10-15-9(16-17-10)7-4-5-13-6-14-7/h4-6,8H,12H2,1-3H3. The van der Waals surface area contributed by atoms with Crippen molar-refractivity contribution in [1.29, 1.82) is 0 Å². The zero-order valence-electron chi connectivity index (χ0n) is 10.1. The summed E-state index contributed by atoms with van der Waals surface area (Å²) >= 11 is 0. The third-order valence-corrected chi connectivity index (χ3v) is 2.45. The summed E-state index contributed by atoms with van der Waals surface area (Å²) in [5.41, 5.74) is 6.53. The van der Waals surface area contributed by atoms with Gasteiger partial charge in [0.25, 0.3) is 0 Å². The molecule has 17 heavy (non-hydrogen) atoms. The molecule has 0 saturated heterocycles. The lowest BCUT2D eigenvalue weighted by Crippen LogP contribution is -2.26. The van der Waals surface area contributed by atoms with Gasteiger partial charge in [-0.1, -0.05) is 25.9 Å². The third-order valence-electron chi connectivity index (χ3n) is 2.45. The molecular formula is C11H15N5O. The lowest BCUT2D eigenvalue weighted by atomic mass is 9.87. The second-order valence-electron chi connectivity index (χ2n) is 4.89. The van der Waals surface area contributed by atoms with E-state index in [1.54, 1.807) is 12.3 Å². The number of nitrogens with zero attached hydrogens (tertiary/aromatic N) is 4. The minimum atomic E-state index is -0.300. The number of hydrogen-bond acceptors (Lipinski definition) is 6. The van der Waals surface area contributed by atoms with Crippen molar-refractivity contribution in [3.63, 3.8) is 0 Å². The highest BCUT2D eigenvalue weighted by Crippen LogP contribution is 2.29. The summed E-state index contributed by atoms with van der Waals surface area (Å²) in [6.07, 6.45) is 3.07. The lowest BCUT2D eigenvalue weighted by Gasteiger charge is -2.23. The SMILES string of the molecule is CC(C)(C)C(N)c1nc(-c2ccncn2)no1. The van der Waals surface area contributed by atoms with Crippen LogP contribution < -0.4 is 5.73 Å². The highest BCUT2D eigenvalue weighted by atomic mass is 16.5. The maximum Gasteiger partial charge on any atom is 0.244 e. The molecule has 0 aliphatic rings. The minimum absolute atomic E-state index is 0.129. The molecule has 2 heterocycles. The fraction of sp³-hybridized carbons (Fsp3) is 0.455. The molecule has 0 fully saturated rings. The largest absolute Gasteiger partial charge is 0.337 e. The summed E-state index contributed by atoms with van der Waals surface area (Å²) in [5, 5.41) is 3.86. The predicted octanol–water partition coefficient (Wildman–Crippen LogP) is 1.57. The lowest BCUT2D eigenvalue weighted by molar-refractivity contribution is 0.253. The maximum absolute atomic E-state index is 6.03. The van der Waals surface area contributed by atoms with Crippen molar-refractivity contribution >= 4 is 0 Å². The van der Waals surface area contributed by atoms with Crippen molar-refractivity contribution in [3.8, 4) is 11.5 Å². The van der Waals surface area contributed by atoms with Crippen LogP contribution in [0.25, 0.3) is 11.5 Å². The summed E-state index contributed by atoms with van der Waals surface area (Å²) < 4.78 is 5.16. The monoisotopic (exact) mass is 233 g/mol. The third kappa shape index (κ3) is 2.47. The predicted molar refractivity (Wildman–Crippen MR) is 61.7 cm³/mol. The normalized spacial score (nSPS) is 13.6. The summed E-state index contributed by atoms with van der Waals surface area (Å²) in [6, 6.07) is 1.42. The molecule has 1 atom stereocenters. The van der Waals surface area contributed by atoms with Gasteiger partial charge in [0.15, 0.2) is 0 Å². The summed E-state index contributed by atoms with van der Waals surface area (Å²) in [4.78, 5) is 12.1. The van der Waals surface area contributed by atoms with E-state index in [4.69, 9.17) is 10.3 Å². The minimum Gasteiger partial charge on any atom is -0.337 e. The second kappa shape index (κ2) is 4.21. The fourth-order valence-corrected chi connectivity index (χ4v) is 1.26. The molecule has 0 amide bonds. The Morgan fingerprint density at radius 3 is 2.71 bits per heavy atom. The van der Waals surface area contributed by atoms with E-state index in [0.717, 1.165) is 0 Å². The van der Waals surface area contributed by atoms with E-state index in [1.807, 2.05) is 20.8 Å². The molecule has 90 valence electrons. The first kappa shape index (κ1) is 11.7. The number of nitrogens with two attached hydrogens (primary N) is 1. The van der Waals surface area contributed by atoms with Crippen LogP contribution in [0.15, 0.2) is 23.1 Å². The Hall–Kier alpha value is -1.82. The smallest absolute Gasteiger partial charge is 0.244 e. The summed E-state index contributed by atoms with van der Waals surface area (Å²) in [5.74, 6) is 0.855. The molecule has 0 radical (unpaired) electrons. The van der Waals surface area contributed by atoms with Crippen LogP contribution in [0.3, 0.4) is 0 Å². The van der Waals surface area contributed by atoms with Crippen LogP contribution >= 0.6 is 0 Å². The van der Waals surface area contributed by atoms with Crippen LogP contribution in [0.4, 0.5) is 0 Å². The molecule has 2 N–H and O–H groups in total. The van der Waals surface area contributed by atoms with Crippen LogP contribution in [0.2, 0.25) is 0 Å². The summed E-state index contributed by atoms with van der Waals surface area (Å²) in [7, 11) is 0. The van der Waals surface area contributed by atoms with Crippen molar-refractivity contribution < 1.29 is 4.52 Å². The Bertz CT molecular complexity index is 488. The van der Waals surface area contributed by atoms with Gasteiger partial charge >= 0.3 is 0 Å². The van der Waals surface area contributed by atoms with E-state index in [9.17, 15) is 0 Å². The molecule has 2 rings (SSSR count). The molecule has 0 spiro atoms. The van der Waals surface area contributed by atoms with Crippen LogP contribution in [-0.2, 0) is 0 Å². The Balaban J connectivity index is 2.28. The number of aromatic nitrogens is 4. The van der Waals surface area contributed by atoms with Gasteiger partial charge in [-0.25, -0.2) is 9.97 Å². The molecule has 6 nitrogen and oxygen atoms in total. The highest BCUT2D eigenvalue weighted by Gasteiger charge is 2.27. The van der Waals surface area contributed by atoms with Crippen molar-refractivity contribution in [2.45, 2.75) is 26.8 Å². The van der Waals surface area contributed by atoms with Gasteiger partial charge in [0.05, 0.1) is 6.04 Å². The molecule has 2 aromatic heterocycles. The molecular weight excluding hydrogens is 218 g/mol. The molecule has 1 unspecified atom stereocenters. The van der Waals surface area contributed by atoms with Gasteiger partial charge in [0.1, 0.15) is 12.0 Å². The quantitative estimate of drug-likeness (QED) is 0.846. The van der Waals surface area contributed by atoms with Gasteiger partial charge in [-0.15, -0.1) is 0 Å². The van der Waals surface area contributed by atoms with Gasteiger partial charge in [0, 0.05) is 6.20 Å². The Morgan fingerprint density at radius 1 is 1.35 bits per heavy atom. The van der Waals surface area contributed by atoms with E-state index in [-0.39, 0.29) is 11.5 Å². The second-order valence-corrected chi connectivity index (χ2v) is 4.89. The average Bonchev–Trinajstić information content (AvgIpc) is 2.77. The Labute approximate surface area is 99.3 Å². The van der Waals surface area contributed by atoms with Gasteiger partial charge < -0.3 is 10.3 Å². The first-order chi connectivity index (χ1) is 7.98. The van der Waals surface area contributed by atoms with Gasteiger partial charge in [-0.05, 0) is 11.5 Å². The Morgan fingerprint density at radius 2 is 2.12 bits per heavy atom. The molecule has 0 aliphatic heterocycles. The maximum atomic E-state index is 6.03. The van der Waals surface area contributed by atoms with Crippen molar-refractivity contribution in [1.82, 2.24) is 20.1 Å². The van der Waals surface area contributed by atoms with Crippen molar-refractivity contribution in [2.24, 2.45) is 11.1 Å². The molecule has 0 saturated carbocycles. The van der Waals surface area contributed by atoms with E-state index < -0.39 is 0 Å². The van der Waals surface area contributed by atoms with E-state index in [0.29, 0.717) is 17.4 Å². The molecule has 0 aliphatic carbocycles. The Kier molecular flexibility index (Phi) is 2.89. The zero-order valence-corrected chi connectivity index (χ0v) is 10.1. The number of hydrogen-bond donors (Lipinski definition) is 1.